The van der Waals surface area contributed by atoms with E-state index in [0.29, 0.717) is 6.42 Å². The Balaban J connectivity index is 5.58. The molecule has 0 aromatic heterocycles. The molecule has 0 aliphatic heterocycles. The van der Waals surface area contributed by atoms with E-state index in [1.807, 2.05) is 34.6 Å². The number of amides is 2. The highest BCUT2D eigenvalue weighted by Gasteiger charge is 2.40. The van der Waals surface area contributed by atoms with Gasteiger partial charge in [0.15, 0.2) is 0 Å². The van der Waals surface area contributed by atoms with Crippen LogP contribution in [-0.4, -0.2) is 48.4 Å². The van der Waals surface area contributed by atoms with Crippen molar-refractivity contribution in [2.75, 3.05) is 7.11 Å². The zero-order chi connectivity index (χ0) is 20.7. The van der Waals surface area contributed by atoms with E-state index in [0.717, 1.165) is 0 Å². The normalized spacial score (nSPS) is 15.3. The Bertz CT molecular complexity index is 485. The molecule has 0 aliphatic rings. The third-order valence-corrected chi connectivity index (χ3v) is 3.79. The minimum atomic E-state index is -1.18. The van der Waals surface area contributed by atoms with Gasteiger partial charge in [-0.25, -0.2) is 10.3 Å². The first kappa shape index (κ1) is 24.3. The average molecular weight is 374 g/mol. The summed E-state index contributed by atoms with van der Waals surface area (Å²) in [6.07, 6.45) is -1.15. The van der Waals surface area contributed by atoms with Crippen LogP contribution in [0.4, 0.5) is 0 Å². The standard InChI is InChI=1S/C18H34N2O6/c1-10(2)9-12(13(25-8)16(22)20-24)15(21)19-14(18(5,6)7)17(23)26-11(3)4/h10-14,24H,9H2,1-8H3,(H,19,21)(H,20,22)/t12-,13+,14-/m1/s1. The molecule has 0 saturated carbocycles. The summed E-state index contributed by atoms with van der Waals surface area (Å²) in [5.41, 5.74) is 0.930. The topological polar surface area (TPSA) is 114 Å². The first-order chi connectivity index (χ1) is 11.8. The van der Waals surface area contributed by atoms with E-state index in [1.165, 1.54) is 12.6 Å². The summed E-state index contributed by atoms with van der Waals surface area (Å²) in [4.78, 5) is 37.2. The summed E-state index contributed by atoms with van der Waals surface area (Å²) in [7, 11) is 1.29. The van der Waals surface area contributed by atoms with Gasteiger partial charge in [-0.3, -0.25) is 14.8 Å². The van der Waals surface area contributed by atoms with Crippen LogP contribution < -0.4 is 10.8 Å². The maximum absolute atomic E-state index is 12.9. The molecule has 0 fully saturated rings. The summed E-state index contributed by atoms with van der Waals surface area (Å²) in [6.45, 7) is 12.7. The Hall–Kier alpha value is -1.67. The van der Waals surface area contributed by atoms with Crippen molar-refractivity contribution in [1.82, 2.24) is 10.8 Å². The second-order valence-corrected chi connectivity index (χ2v) is 8.16. The highest BCUT2D eigenvalue weighted by molar-refractivity contribution is 5.91. The number of rotatable bonds is 9. The minimum Gasteiger partial charge on any atom is -0.461 e. The predicted octanol–water partition coefficient (Wildman–Crippen LogP) is 1.65. The number of nitrogens with one attached hydrogen (secondary N) is 2. The Labute approximate surface area is 156 Å². The van der Waals surface area contributed by atoms with Gasteiger partial charge in [-0.15, -0.1) is 0 Å². The van der Waals surface area contributed by atoms with E-state index in [1.54, 1.807) is 13.8 Å². The third kappa shape index (κ3) is 7.70. The van der Waals surface area contributed by atoms with Crippen molar-refractivity contribution >= 4 is 17.8 Å². The molecule has 0 rings (SSSR count). The highest BCUT2D eigenvalue weighted by Crippen LogP contribution is 2.24. The number of carbonyl (C=O) groups is 3. The Morgan fingerprint density at radius 1 is 1.04 bits per heavy atom. The quantitative estimate of drug-likeness (QED) is 0.321. The molecule has 0 heterocycles. The lowest BCUT2D eigenvalue weighted by Crippen LogP contribution is -2.55. The summed E-state index contributed by atoms with van der Waals surface area (Å²) in [6, 6.07) is -0.887. The largest absolute Gasteiger partial charge is 0.461 e. The fraction of sp³-hybridized carbons (Fsp3) is 0.833. The van der Waals surface area contributed by atoms with Gasteiger partial charge in [-0.1, -0.05) is 34.6 Å². The van der Waals surface area contributed by atoms with E-state index >= 15 is 0 Å². The molecule has 8 heteroatoms. The fourth-order valence-corrected chi connectivity index (χ4v) is 2.57. The van der Waals surface area contributed by atoms with E-state index in [-0.39, 0.29) is 12.0 Å². The van der Waals surface area contributed by atoms with Gasteiger partial charge < -0.3 is 14.8 Å². The lowest BCUT2D eigenvalue weighted by atomic mass is 9.85. The zero-order valence-corrected chi connectivity index (χ0v) is 17.1. The van der Waals surface area contributed by atoms with Crippen molar-refractivity contribution in [3.8, 4) is 0 Å². The van der Waals surface area contributed by atoms with Crippen LogP contribution >= 0.6 is 0 Å². The Kier molecular flexibility index (Phi) is 9.80. The summed E-state index contributed by atoms with van der Waals surface area (Å²) >= 11 is 0. The number of hydroxylamine groups is 1. The van der Waals surface area contributed by atoms with Gasteiger partial charge in [0.05, 0.1) is 12.0 Å². The molecule has 26 heavy (non-hydrogen) atoms. The summed E-state index contributed by atoms with van der Waals surface area (Å²) < 4.78 is 10.4. The molecular formula is C18H34N2O6. The number of esters is 1. The second-order valence-electron chi connectivity index (χ2n) is 8.16. The molecular weight excluding hydrogens is 340 g/mol. The van der Waals surface area contributed by atoms with Gasteiger partial charge in [-0.2, -0.15) is 0 Å². The van der Waals surface area contributed by atoms with Crippen LogP contribution in [0.3, 0.4) is 0 Å². The van der Waals surface area contributed by atoms with E-state index in [2.05, 4.69) is 5.32 Å². The SMILES string of the molecule is CO[C@H](C(=O)NO)[C@@H](CC(C)C)C(=O)N[C@H](C(=O)OC(C)C)C(C)(C)C. The number of hydrogen-bond donors (Lipinski definition) is 3. The number of methoxy groups -OCH3 is 1. The molecule has 0 aliphatic carbocycles. The monoisotopic (exact) mass is 374 g/mol. The van der Waals surface area contributed by atoms with Crippen LogP contribution in [0.1, 0.15) is 54.9 Å². The van der Waals surface area contributed by atoms with Gasteiger partial charge in [0, 0.05) is 7.11 Å². The first-order valence-corrected chi connectivity index (χ1v) is 8.82. The lowest BCUT2D eigenvalue weighted by Gasteiger charge is -2.33. The van der Waals surface area contributed by atoms with E-state index < -0.39 is 41.3 Å². The second kappa shape index (κ2) is 10.5. The zero-order valence-electron chi connectivity index (χ0n) is 17.1. The fourth-order valence-electron chi connectivity index (χ4n) is 2.57. The lowest BCUT2D eigenvalue weighted by molar-refractivity contribution is -0.156. The molecule has 3 atom stereocenters. The minimum absolute atomic E-state index is 0.0885. The van der Waals surface area contributed by atoms with Gasteiger partial charge in [-0.05, 0) is 31.6 Å². The molecule has 152 valence electrons. The van der Waals surface area contributed by atoms with Gasteiger partial charge in [0.2, 0.25) is 5.91 Å². The number of hydrogen-bond acceptors (Lipinski definition) is 6. The molecule has 0 aromatic carbocycles. The average Bonchev–Trinajstić information content (AvgIpc) is 2.49. The molecule has 2 amide bonds. The highest BCUT2D eigenvalue weighted by atomic mass is 16.5. The van der Waals surface area contributed by atoms with Crippen LogP contribution in [0.2, 0.25) is 0 Å². The molecule has 0 spiro atoms. The first-order valence-electron chi connectivity index (χ1n) is 8.82. The Morgan fingerprint density at radius 3 is 1.92 bits per heavy atom. The molecule has 0 bridgehead atoms. The molecule has 0 radical (unpaired) electrons. The van der Waals surface area contributed by atoms with Gasteiger partial charge in [0.25, 0.3) is 5.91 Å². The van der Waals surface area contributed by atoms with Crippen LogP contribution in [0.15, 0.2) is 0 Å². The van der Waals surface area contributed by atoms with Crippen molar-refractivity contribution < 1.29 is 29.1 Å². The molecule has 0 unspecified atom stereocenters. The molecule has 8 nitrogen and oxygen atoms in total. The Morgan fingerprint density at radius 2 is 1.58 bits per heavy atom. The van der Waals surface area contributed by atoms with E-state index in [9.17, 15) is 14.4 Å². The molecule has 0 aromatic rings. The van der Waals surface area contributed by atoms with E-state index in [4.69, 9.17) is 14.7 Å². The summed E-state index contributed by atoms with van der Waals surface area (Å²) in [5, 5.41) is 11.6. The van der Waals surface area contributed by atoms with Gasteiger partial charge >= 0.3 is 5.97 Å². The van der Waals surface area contributed by atoms with Crippen LogP contribution in [0, 0.1) is 17.3 Å². The van der Waals surface area contributed by atoms with Crippen molar-refractivity contribution in [3.63, 3.8) is 0 Å². The molecule has 3 N–H and O–H groups in total. The van der Waals surface area contributed by atoms with Crippen LogP contribution in [0.5, 0.6) is 0 Å². The smallest absolute Gasteiger partial charge is 0.329 e. The van der Waals surface area contributed by atoms with Crippen molar-refractivity contribution in [2.45, 2.75) is 73.1 Å². The third-order valence-electron chi connectivity index (χ3n) is 3.79. The summed E-state index contributed by atoms with van der Waals surface area (Å²) in [5.74, 6) is -2.64. The van der Waals surface area contributed by atoms with Crippen LogP contribution in [-0.2, 0) is 23.9 Å². The molecule has 0 saturated heterocycles. The van der Waals surface area contributed by atoms with Crippen molar-refractivity contribution in [1.29, 1.82) is 0 Å². The van der Waals surface area contributed by atoms with Crippen LogP contribution in [0.25, 0.3) is 0 Å². The number of carbonyl (C=O) groups excluding carboxylic acids is 3. The van der Waals surface area contributed by atoms with Crippen molar-refractivity contribution in [2.24, 2.45) is 17.3 Å². The van der Waals surface area contributed by atoms with Gasteiger partial charge in [0.1, 0.15) is 12.1 Å². The number of ether oxygens (including phenoxy) is 2. The maximum atomic E-state index is 12.9. The maximum Gasteiger partial charge on any atom is 0.329 e. The predicted molar refractivity (Wildman–Crippen MR) is 96.3 cm³/mol. The van der Waals surface area contributed by atoms with Crippen molar-refractivity contribution in [3.05, 3.63) is 0 Å².